The Balaban J connectivity index is 2.44. The van der Waals surface area contributed by atoms with Crippen molar-refractivity contribution >= 4 is 11.8 Å². The van der Waals surface area contributed by atoms with Gasteiger partial charge < -0.3 is 10.6 Å². The van der Waals surface area contributed by atoms with Crippen LogP contribution in [0.25, 0.3) is 0 Å². The molecule has 0 fully saturated rings. The first kappa shape index (κ1) is 11.2. The predicted molar refractivity (Wildman–Crippen MR) is 54.8 cm³/mol. The molecule has 0 saturated carbocycles. The van der Waals surface area contributed by atoms with Crippen molar-refractivity contribution in [1.29, 1.82) is 0 Å². The summed E-state index contributed by atoms with van der Waals surface area (Å²) in [5.74, 6) is -1.61. The van der Waals surface area contributed by atoms with Gasteiger partial charge in [0, 0.05) is 31.9 Å². The minimum Gasteiger partial charge on any atom is -0.361 e. The van der Waals surface area contributed by atoms with Crippen LogP contribution >= 0.6 is 0 Å². The largest absolute Gasteiger partial charge is 0.361 e. The molecule has 5 nitrogen and oxygen atoms in total. The van der Waals surface area contributed by atoms with Gasteiger partial charge in [0.1, 0.15) is 0 Å². The van der Waals surface area contributed by atoms with Crippen molar-refractivity contribution in [2.45, 2.75) is 6.42 Å². The molecule has 0 spiro atoms. The van der Waals surface area contributed by atoms with Crippen molar-refractivity contribution in [2.75, 3.05) is 13.6 Å². The second-order valence-electron chi connectivity index (χ2n) is 3.16. The standard InChI is InChI=1S/C10H13N3O2/c1-13(10(15)9(11)14)7-5-8-4-2-3-6-12-8/h2-4,6H,5,7H2,1H3,(H2,11,14). The van der Waals surface area contributed by atoms with Gasteiger partial charge in [0.15, 0.2) is 0 Å². The zero-order valence-electron chi connectivity index (χ0n) is 8.51. The van der Waals surface area contributed by atoms with Crippen molar-refractivity contribution in [2.24, 2.45) is 5.73 Å². The number of amides is 2. The van der Waals surface area contributed by atoms with E-state index in [0.29, 0.717) is 13.0 Å². The second-order valence-corrected chi connectivity index (χ2v) is 3.16. The molecule has 1 aromatic rings. The Labute approximate surface area is 87.9 Å². The number of primary amides is 1. The maximum absolute atomic E-state index is 11.1. The monoisotopic (exact) mass is 207 g/mol. The molecule has 0 bridgehead atoms. The number of nitrogens with zero attached hydrogens (tertiary/aromatic N) is 2. The van der Waals surface area contributed by atoms with E-state index in [1.807, 2.05) is 18.2 Å². The van der Waals surface area contributed by atoms with Crippen LogP contribution in [-0.4, -0.2) is 35.3 Å². The summed E-state index contributed by atoms with van der Waals surface area (Å²) in [5.41, 5.74) is 5.74. The Morgan fingerprint density at radius 3 is 2.73 bits per heavy atom. The van der Waals surface area contributed by atoms with Crippen LogP contribution in [0.3, 0.4) is 0 Å². The summed E-state index contributed by atoms with van der Waals surface area (Å²) >= 11 is 0. The summed E-state index contributed by atoms with van der Waals surface area (Å²) in [7, 11) is 1.54. The molecule has 2 amide bonds. The molecule has 15 heavy (non-hydrogen) atoms. The van der Waals surface area contributed by atoms with Gasteiger partial charge in [0.2, 0.25) is 0 Å². The maximum Gasteiger partial charge on any atom is 0.311 e. The van der Waals surface area contributed by atoms with Crippen LogP contribution in [0.15, 0.2) is 24.4 Å². The number of carbonyl (C=O) groups is 2. The van der Waals surface area contributed by atoms with Gasteiger partial charge >= 0.3 is 11.8 Å². The van der Waals surface area contributed by atoms with Gasteiger partial charge in [-0.15, -0.1) is 0 Å². The first-order valence-corrected chi connectivity index (χ1v) is 4.56. The summed E-state index contributed by atoms with van der Waals surface area (Å²) in [6, 6.07) is 5.56. The maximum atomic E-state index is 11.1. The minimum absolute atomic E-state index is 0.429. The molecule has 2 N–H and O–H groups in total. The lowest BCUT2D eigenvalue weighted by atomic mass is 10.2. The van der Waals surface area contributed by atoms with Gasteiger partial charge in [-0.3, -0.25) is 14.6 Å². The Morgan fingerprint density at radius 1 is 1.47 bits per heavy atom. The molecule has 0 radical (unpaired) electrons. The summed E-state index contributed by atoms with van der Waals surface area (Å²) in [5, 5.41) is 0. The molecule has 1 heterocycles. The third-order valence-corrected chi connectivity index (χ3v) is 1.99. The Bertz CT molecular complexity index is 351. The highest BCUT2D eigenvalue weighted by molar-refractivity contribution is 6.34. The Morgan fingerprint density at radius 2 is 2.20 bits per heavy atom. The summed E-state index contributed by atoms with van der Waals surface area (Å²) < 4.78 is 0. The molecular weight excluding hydrogens is 194 g/mol. The zero-order valence-corrected chi connectivity index (χ0v) is 8.51. The molecule has 1 aromatic heterocycles. The molecule has 1 rings (SSSR count). The Kier molecular flexibility index (Phi) is 3.79. The fourth-order valence-corrected chi connectivity index (χ4v) is 1.12. The lowest BCUT2D eigenvalue weighted by molar-refractivity contribution is -0.143. The Hall–Kier alpha value is -1.91. The fraction of sp³-hybridized carbons (Fsp3) is 0.300. The summed E-state index contributed by atoms with van der Waals surface area (Å²) in [6.45, 7) is 0.429. The van der Waals surface area contributed by atoms with E-state index in [-0.39, 0.29) is 0 Å². The number of hydrogen-bond donors (Lipinski definition) is 1. The van der Waals surface area contributed by atoms with Crippen LogP contribution in [0.1, 0.15) is 5.69 Å². The van der Waals surface area contributed by atoms with E-state index in [1.165, 1.54) is 11.9 Å². The molecule has 0 aromatic carbocycles. The average Bonchev–Trinajstić information content (AvgIpc) is 2.26. The number of pyridine rings is 1. The fourth-order valence-electron chi connectivity index (χ4n) is 1.12. The third kappa shape index (κ3) is 3.38. The number of rotatable bonds is 3. The quantitative estimate of drug-likeness (QED) is 0.683. The molecule has 0 aliphatic heterocycles. The van der Waals surface area contributed by atoms with E-state index < -0.39 is 11.8 Å². The second kappa shape index (κ2) is 5.09. The van der Waals surface area contributed by atoms with Crippen molar-refractivity contribution in [3.8, 4) is 0 Å². The van der Waals surface area contributed by atoms with Gasteiger partial charge in [-0.2, -0.15) is 0 Å². The van der Waals surface area contributed by atoms with Crippen LogP contribution in [0, 0.1) is 0 Å². The topological polar surface area (TPSA) is 76.3 Å². The summed E-state index contributed by atoms with van der Waals surface area (Å²) in [4.78, 5) is 27.1. The van der Waals surface area contributed by atoms with Crippen LogP contribution < -0.4 is 5.73 Å². The first-order chi connectivity index (χ1) is 7.11. The van der Waals surface area contributed by atoms with Crippen molar-refractivity contribution in [3.63, 3.8) is 0 Å². The molecule has 0 aliphatic rings. The van der Waals surface area contributed by atoms with Crippen LogP contribution in [-0.2, 0) is 16.0 Å². The highest BCUT2D eigenvalue weighted by Crippen LogP contribution is 1.96. The number of carbonyl (C=O) groups excluding carboxylic acids is 2. The smallest absolute Gasteiger partial charge is 0.311 e. The molecule has 5 heteroatoms. The van der Waals surface area contributed by atoms with E-state index in [1.54, 1.807) is 6.20 Å². The highest BCUT2D eigenvalue weighted by Gasteiger charge is 2.14. The normalized spacial score (nSPS) is 9.67. The SMILES string of the molecule is CN(CCc1ccccn1)C(=O)C(N)=O. The number of nitrogens with two attached hydrogens (primary N) is 1. The highest BCUT2D eigenvalue weighted by atomic mass is 16.2. The van der Waals surface area contributed by atoms with Crippen LogP contribution in [0.5, 0.6) is 0 Å². The van der Waals surface area contributed by atoms with Gasteiger partial charge in [-0.25, -0.2) is 0 Å². The van der Waals surface area contributed by atoms with Gasteiger partial charge in [-0.1, -0.05) is 6.07 Å². The average molecular weight is 207 g/mol. The third-order valence-electron chi connectivity index (χ3n) is 1.99. The van der Waals surface area contributed by atoms with Gasteiger partial charge in [-0.05, 0) is 12.1 Å². The number of likely N-dealkylation sites (N-methyl/N-ethyl adjacent to an activating group) is 1. The van der Waals surface area contributed by atoms with E-state index in [2.05, 4.69) is 4.98 Å². The molecular formula is C10H13N3O2. The summed E-state index contributed by atoms with van der Waals surface area (Å²) in [6.07, 6.45) is 2.29. The van der Waals surface area contributed by atoms with E-state index in [0.717, 1.165) is 5.69 Å². The van der Waals surface area contributed by atoms with E-state index >= 15 is 0 Å². The van der Waals surface area contributed by atoms with Crippen molar-refractivity contribution in [1.82, 2.24) is 9.88 Å². The molecule has 0 saturated heterocycles. The number of aromatic nitrogens is 1. The van der Waals surface area contributed by atoms with Crippen LogP contribution in [0.4, 0.5) is 0 Å². The van der Waals surface area contributed by atoms with Gasteiger partial charge in [0.05, 0.1) is 0 Å². The molecule has 80 valence electrons. The van der Waals surface area contributed by atoms with Crippen molar-refractivity contribution in [3.05, 3.63) is 30.1 Å². The lowest BCUT2D eigenvalue weighted by Gasteiger charge is -2.14. The molecule has 0 aliphatic carbocycles. The van der Waals surface area contributed by atoms with E-state index in [4.69, 9.17) is 5.73 Å². The zero-order chi connectivity index (χ0) is 11.3. The minimum atomic E-state index is -0.932. The number of hydrogen-bond acceptors (Lipinski definition) is 3. The van der Waals surface area contributed by atoms with E-state index in [9.17, 15) is 9.59 Å². The predicted octanol–water partition coefficient (Wildman–Crippen LogP) is -0.432. The lowest BCUT2D eigenvalue weighted by Crippen LogP contribution is -2.38. The van der Waals surface area contributed by atoms with Crippen molar-refractivity contribution < 1.29 is 9.59 Å². The van der Waals surface area contributed by atoms with Crippen LogP contribution in [0.2, 0.25) is 0 Å². The van der Waals surface area contributed by atoms with Gasteiger partial charge in [0.25, 0.3) is 0 Å². The first-order valence-electron chi connectivity index (χ1n) is 4.56. The molecule has 0 atom stereocenters. The molecule has 0 unspecified atom stereocenters.